The Morgan fingerprint density at radius 1 is 1.09 bits per heavy atom. The fourth-order valence-electron chi connectivity index (χ4n) is 2.97. The van der Waals surface area contributed by atoms with Crippen LogP contribution in [0.3, 0.4) is 0 Å². The molecule has 0 spiro atoms. The predicted molar refractivity (Wildman–Crippen MR) is 140 cm³/mol. The number of rotatable bonds is 4. The van der Waals surface area contributed by atoms with Crippen LogP contribution in [0.4, 0.5) is 10.1 Å². The van der Waals surface area contributed by atoms with Crippen LogP contribution in [0.2, 0.25) is 0 Å². The zero-order valence-corrected chi connectivity index (χ0v) is 22.5. The first-order chi connectivity index (χ1) is 16.2. The van der Waals surface area contributed by atoms with Gasteiger partial charge in [0.25, 0.3) is 5.97 Å². The van der Waals surface area contributed by atoms with E-state index in [-0.39, 0.29) is 11.7 Å². The first kappa shape index (κ1) is 26.2. The van der Waals surface area contributed by atoms with E-state index in [1.807, 2.05) is 60.9 Å². The Labute approximate surface area is 223 Å². The first-order valence-electron chi connectivity index (χ1n) is 10.2. The van der Waals surface area contributed by atoms with E-state index in [9.17, 15) is 9.18 Å². The van der Waals surface area contributed by atoms with Crippen molar-refractivity contribution in [2.24, 2.45) is 4.99 Å². The first-order valence-corrected chi connectivity index (χ1v) is 13.3. The molecule has 1 amide bonds. The van der Waals surface area contributed by atoms with Crippen LogP contribution in [0, 0.1) is 5.82 Å². The van der Waals surface area contributed by atoms with E-state index in [2.05, 4.69) is 10.3 Å². The van der Waals surface area contributed by atoms with E-state index < -0.39 is 5.97 Å². The molecule has 0 aliphatic carbocycles. The number of hydrogen-bond acceptors (Lipinski definition) is 5. The number of carbonyl (C=O) groups is 2. The van der Waals surface area contributed by atoms with Gasteiger partial charge in [-0.15, -0.1) is 11.8 Å². The molecule has 0 atom stereocenters. The summed E-state index contributed by atoms with van der Waals surface area (Å²) in [6.45, 7) is 1.08. The molecule has 34 heavy (non-hydrogen) atoms. The number of carboxylic acid groups (broad SMARTS) is 1. The molecule has 1 aliphatic rings. The number of carboxylic acids is 1. The number of hydrogen-bond donors (Lipinski definition) is 2. The normalized spacial score (nSPS) is 13.9. The number of aliphatic carboxylic acids is 1. The summed E-state index contributed by atoms with van der Waals surface area (Å²) in [7, 11) is 0. The number of carbonyl (C=O) groups excluding carboxylic acids is 1. The van der Waals surface area contributed by atoms with Gasteiger partial charge in [0.1, 0.15) is 0 Å². The Kier molecular flexibility index (Phi) is 9.55. The Morgan fingerprint density at radius 3 is 2.29 bits per heavy atom. The third-order valence-electron chi connectivity index (χ3n) is 4.63. The van der Waals surface area contributed by atoms with Gasteiger partial charge in [0.2, 0.25) is 0 Å². The van der Waals surface area contributed by atoms with Gasteiger partial charge in [-0.2, -0.15) is 0 Å². The van der Waals surface area contributed by atoms with Crippen molar-refractivity contribution >= 4 is 83.1 Å². The molecule has 0 fully saturated rings. The Morgan fingerprint density at radius 2 is 1.71 bits per heavy atom. The summed E-state index contributed by atoms with van der Waals surface area (Å²) in [6, 6.07) is 21.1. The number of amides is 1. The molecule has 5 nitrogen and oxygen atoms in total. The standard InChI is InChI=1S/C23H16FN2OS2.C2H4O2.Na/c1-28-19-11-9-15(10-12-19)16-7-8-17(20(24)13-16)14-21-22(27)26-23(29-21)25-18-5-3-2-4-6-18;1-2(3)4;/h3-14H,1H3,(H,25,26,27);1H3,(H,3,4);/b21-14+;;. The molecule has 0 saturated carbocycles. The topological polar surface area (TPSA) is 78.8 Å². The maximum atomic E-state index is 14.7. The van der Waals surface area contributed by atoms with E-state index in [0.717, 1.165) is 56.6 Å². The van der Waals surface area contributed by atoms with Crippen LogP contribution in [0.5, 0.6) is 0 Å². The number of anilines is 1. The molecule has 168 valence electrons. The van der Waals surface area contributed by atoms with Crippen LogP contribution in [0.1, 0.15) is 12.5 Å². The molecule has 4 rings (SSSR count). The second kappa shape index (κ2) is 12.4. The molecule has 0 radical (unpaired) electrons. The molecule has 9 heteroatoms. The minimum absolute atomic E-state index is 0.363. The van der Waals surface area contributed by atoms with Crippen molar-refractivity contribution in [3.05, 3.63) is 83.0 Å². The molecule has 3 aromatic carbocycles. The number of amidine groups is 1. The van der Waals surface area contributed by atoms with Crippen molar-refractivity contribution in [2.45, 2.75) is 11.8 Å². The summed E-state index contributed by atoms with van der Waals surface area (Å²) in [5.74, 6) is -1.57. The van der Waals surface area contributed by atoms with Crippen LogP contribution >= 0.6 is 23.5 Å². The fourth-order valence-corrected chi connectivity index (χ4v) is 4.54. The Balaban J connectivity index is 0.000000751. The molecule has 3 aromatic rings. The van der Waals surface area contributed by atoms with Crippen LogP contribution < -0.4 is 8.13 Å². The summed E-state index contributed by atoms with van der Waals surface area (Å²) >= 11 is 3.87. The minimum atomic E-state index is -0.833. The molecule has 1 heterocycles. The molecule has 0 aromatic heterocycles. The van der Waals surface area contributed by atoms with Crippen molar-refractivity contribution < 1.29 is 19.1 Å². The van der Waals surface area contributed by atoms with Gasteiger partial charge in [0.05, 0.1) is 0 Å². The van der Waals surface area contributed by atoms with Crippen LogP contribution in [-0.4, -0.2) is 56.3 Å². The van der Waals surface area contributed by atoms with Crippen molar-refractivity contribution in [1.29, 1.82) is 0 Å². The van der Waals surface area contributed by atoms with Crippen molar-refractivity contribution in [2.75, 3.05) is 11.6 Å². The molecular weight excluding hydrogens is 482 g/mol. The van der Waals surface area contributed by atoms with E-state index >= 15 is 0 Å². The van der Waals surface area contributed by atoms with E-state index in [4.69, 9.17) is 9.90 Å². The summed E-state index contributed by atoms with van der Waals surface area (Å²) in [6.07, 6.45) is 3.58. The zero-order valence-electron chi connectivity index (χ0n) is 18.8. The summed E-state index contributed by atoms with van der Waals surface area (Å²) in [5, 5.41) is 11.1. The molecular formula is C25H20FN2NaO3S2. The average molecular weight is 503 g/mol. The smallest absolute Gasteiger partial charge is 0.0533 e. The average Bonchev–Trinajstić information content (AvgIpc) is 3.15. The molecule has 2 N–H and O–H groups in total. The van der Waals surface area contributed by atoms with Crippen molar-refractivity contribution in [1.82, 2.24) is 0 Å². The number of nitrogens with zero attached hydrogens (tertiary/aromatic N) is 1. The van der Waals surface area contributed by atoms with Gasteiger partial charge < -0.3 is 5.11 Å². The molecule has 0 unspecified atom stereocenters. The third-order valence-corrected chi connectivity index (χ3v) is 6.94. The van der Waals surface area contributed by atoms with E-state index in [0.29, 0.717) is 15.6 Å². The second-order valence-corrected chi connectivity index (χ2v) is 10.4. The quantitative estimate of drug-likeness (QED) is 0.291. The van der Waals surface area contributed by atoms with Crippen molar-refractivity contribution in [3.63, 3.8) is 0 Å². The van der Waals surface area contributed by atoms with Gasteiger partial charge >= 0.3 is 144 Å². The minimum Gasteiger partial charge on any atom is -0.0533 e. The molecule has 0 bridgehead atoms. The van der Waals surface area contributed by atoms with Gasteiger partial charge in [0.15, 0.2) is 0 Å². The Bertz CT molecular complexity index is 1260. The van der Waals surface area contributed by atoms with Gasteiger partial charge in [-0.1, -0.05) is 12.1 Å². The Hall–Kier alpha value is -2.36. The number of benzene rings is 3. The zero-order chi connectivity index (χ0) is 24.7. The van der Waals surface area contributed by atoms with Crippen LogP contribution in [0.15, 0.2) is 81.5 Å². The van der Waals surface area contributed by atoms with Gasteiger partial charge in [-0.05, 0) is 29.5 Å². The monoisotopic (exact) mass is 502 g/mol. The number of halogens is 1. The number of aliphatic imine (C=N–C) groups is 1. The number of thioether (sulfide) groups is 2. The van der Waals surface area contributed by atoms with Gasteiger partial charge in [-0.25, -0.2) is 0 Å². The third kappa shape index (κ3) is 7.58. The second-order valence-electron chi connectivity index (χ2n) is 7.31. The van der Waals surface area contributed by atoms with E-state index in [1.165, 1.54) is 20.6 Å². The number of nitrogens with one attached hydrogen (secondary N) is 1. The maximum absolute atomic E-state index is 14.7. The predicted octanol–water partition coefficient (Wildman–Crippen LogP) is 5.18. The van der Waals surface area contributed by atoms with Crippen LogP contribution in [0.25, 0.3) is 17.2 Å². The fraction of sp³-hybridized carbons (Fsp3) is 0.0800. The van der Waals surface area contributed by atoms with Gasteiger partial charge in [-0.3, -0.25) is 4.79 Å². The van der Waals surface area contributed by atoms with E-state index in [1.54, 1.807) is 23.9 Å². The van der Waals surface area contributed by atoms with Gasteiger partial charge in [0, 0.05) is 11.8 Å². The van der Waals surface area contributed by atoms with Crippen LogP contribution in [-0.2, 0) is 9.59 Å². The summed E-state index contributed by atoms with van der Waals surface area (Å²) in [4.78, 5) is 26.9. The van der Waals surface area contributed by atoms with Crippen molar-refractivity contribution in [3.8, 4) is 11.1 Å². The molecule has 1 aliphatic heterocycles. The molecule has 0 saturated heterocycles. The summed E-state index contributed by atoms with van der Waals surface area (Å²) in [5.41, 5.74) is 2.99. The SMILES string of the molecule is CC(=O)O.CSc1ccc(-c2ccc(/C=C3/SC(Nc4cc[c]([Na])cc4)=NC3=O)c(F)c2)cc1. The summed E-state index contributed by atoms with van der Waals surface area (Å²) < 4.78 is 16.0.